The molecule has 0 heterocycles. The van der Waals surface area contributed by atoms with Crippen LogP contribution in [-0.4, -0.2) is 36.5 Å². The van der Waals surface area contributed by atoms with E-state index in [0.717, 1.165) is 32.5 Å². The van der Waals surface area contributed by atoms with E-state index in [2.05, 4.69) is 29.6 Å². The van der Waals surface area contributed by atoms with Crippen LogP contribution in [0.1, 0.15) is 32.8 Å². The Morgan fingerprint density at radius 3 is 2.42 bits per heavy atom. The van der Waals surface area contributed by atoms with Gasteiger partial charge < -0.3 is 10.2 Å². The third-order valence-electron chi connectivity index (χ3n) is 3.38. The van der Waals surface area contributed by atoms with Crippen LogP contribution >= 0.6 is 0 Å². The van der Waals surface area contributed by atoms with Gasteiger partial charge in [0.1, 0.15) is 0 Å². The van der Waals surface area contributed by atoms with Gasteiger partial charge in [-0.15, -0.1) is 0 Å². The maximum Gasteiger partial charge on any atom is 0.239 e. The zero-order valence-electron chi connectivity index (χ0n) is 12.4. The Balaban J connectivity index is 2.23. The number of benzene rings is 1. The molecule has 0 aromatic heterocycles. The molecular formula is C16H26N2O. The average molecular weight is 262 g/mol. The third-order valence-corrected chi connectivity index (χ3v) is 3.38. The highest BCUT2D eigenvalue weighted by Gasteiger charge is 2.16. The van der Waals surface area contributed by atoms with Crippen LogP contribution in [-0.2, 0) is 11.2 Å². The van der Waals surface area contributed by atoms with Crippen LogP contribution in [0.2, 0.25) is 0 Å². The zero-order valence-corrected chi connectivity index (χ0v) is 12.4. The van der Waals surface area contributed by atoms with E-state index in [1.54, 1.807) is 0 Å². The Labute approximate surface area is 117 Å². The fraction of sp³-hybridized carbons (Fsp3) is 0.562. The van der Waals surface area contributed by atoms with Gasteiger partial charge >= 0.3 is 0 Å². The Morgan fingerprint density at radius 1 is 1.21 bits per heavy atom. The van der Waals surface area contributed by atoms with Crippen molar-refractivity contribution < 1.29 is 4.79 Å². The topological polar surface area (TPSA) is 32.3 Å². The number of likely N-dealkylation sites (N-methyl/N-ethyl adjacent to an activating group) is 1. The summed E-state index contributed by atoms with van der Waals surface area (Å²) < 4.78 is 0. The Morgan fingerprint density at radius 2 is 1.84 bits per heavy atom. The molecule has 0 aliphatic rings. The summed E-state index contributed by atoms with van der Waals surface area (Å²) in [6, 6.07) is 10.4. The second kappa shape index (κ2) is 8.70. The first kappa shape index (κ1) is 15.7. The minimum Gasteiger partial charge on any atom is -0.342 e. The van der Waals surface area contributed by atoms with Crippen molar-refractivity contribution in [1.29, 1.82) is 0 Å². The minimum atomic E-state index is -0.0873. The van der Waals surface area contributed by atoms with Crippen molar-refractivity contribution in [2.24, 2.45) is 0 Å². The van der Waals surface area contributed by atoms with Crippen LogP contribution in [0.15, 0.2) is 30.3 Å². The summed E-state index contributed by atoms with van der Waals surface area (Å²) in [5.41, 5.74) is 1.35. The first-order chi connectivity index (χ1) is 9.19. The molecule has 106 valence electrons. The molecule has 0 saturated heterocycles. The number of hydrogen-bond donors (Lipinski definition) is 1. The fourth-order valence-corrected chi connectivity index (χ4v) is 2.15. The van der Waals surface area contributed by atoms with Gasteiger partial charge in [0.15, 0.2) is 0 Å². The average Bonchev–Trinajstić information content (AvgIpc) is 2.45. The molecule has 3 heteroatoms. The normalized spacial score (nSPS) is 12.2. The lowest BCUT2D eigenvalue weighted by Gasteiger charge is -2.23. The molecule has 0 fully saturated rings. The van der Waals surface area contributed by atoms with E-state index in [-0.39, 0.29) is 11.9 Å². The number of carbonyl (C=O) groups is 1. The van der Waals surface area contributed by atoms with Crippen LogP contribution in [0.3, 0.4) is 0 Å². The molecule has 0 saturated carbocycles. The summed E-state index contributed by atoms with van der Waals surface area (Å²) in [7, 11) is 0. The molecule has 0 radical (unpaired) electrons. The molecule has 1 N–H and O–H groups in total. The standard InChI is InChI=1S/C16H26N2O/c1-4-18(5-2)16(19)14(3)17-13-9-12-15-10-7-6-8-11-15/h6-8,10-11,14,17H,4-5,9,12-13H2,1-3H3. The van der Waals surface area contributed by atoms with Gasteiger partial charge in [0.05, 0.1) is 6.04 Å². The largest absolute Gasteiger partial charge is 0.342 e. The molecule has 0 aliphatic heterocycles. The number of rotatable bonds is 8. The predicted octanol–water partition coefficient (Wildman–Crippen LogP) is 2.47. The van der Waals surface area contributed by atoms with Crippen molar-refractivity contribution in [3.05, 3.63) is 35.9 Å². The summed E-state index contributed by atoms with van der Waals surface area (Å²) >= 11 is 0. The van der Waals surface area contributed by atoms with Gasteiger partial charge in [0, 0.05) is 13.1 Å². The number of nitrogens with one attached hydrogen (secondary N) is 1. The van der Waals surface area contributed by atoms with E-state index in [9.17, 15) is 4.79 Å². The molecule has 0 spiro atoms. The van der Waals surface area contributed by atoms with Crippen molar-refractivity contribution in [3.63, 3.8) is 0 Å². The second-order valence-corrected chi connectivity index (χ2v) is 4.78. The lowest BCUT2D eigenvalue weighted by molar-refractivity contribution is -0.132. The third kappa shape index (κ3) is 5.43. The van der Waals surface area contributed by atoms with E-state index < -0.39 is 0 Å². The second-order valence-electron chi connectivity index (χ2n) is 4.78. The Bertz CT molecular complexity index is 360. The lowest BCUT2D eigenvalue weighted by Crippen LogP contribution is -2.45. The van der Waals surface area contributed by atoms with E-state index >= 15 is 0 Å². The number of amides is 1. The van der Waals surface area contributed by atoms with Crippen molar-refractivity contribution in [1.82, 2.24) is 10.2 Å². The van der Waals surface area contributed by atoms with Gasteiger partial charge in [-0.3, -0.25) is 4.79 Å². The molecule has 1 amide bonds. The maximum absolute atomic E-state index is 12.0. The fourth-order valence-electron chi connectivity index (χ4n) is 2.15. The van der Waals surface area contributed by atoms with E-state index in [0.29, 0.717) is 0 Å². The summed E-state index contributed by atoms with van der Waals surface area (Å²) in [6.07, 6.45) is 2.11. The molecule has 1 atom stereocenters. The zero-order chi connectivity index (χ0) is 14.1. The smallest absolute Gasteiger partial charge is 0.239 e. The van der Waals surface area contributed by atoms with Gasteiger partial charge in [-0.05, 0) is 45.7 Å². The summed E-state index contributed by atoms with van der Waals surface area (Å²) in [5.74, 6) is 0.199. The highest BCUT2D eigenvalue weighted by atomic mass is 16.2. The molecule has 19 heavy (non-hydrogen) atoms. The van der Waals surface area contributed by atoms with Crippen molar-refractivity contribution >= 4 is 5.91 Å². The van der Waals surface area contributed by atoms with Crippen LogP contribution < -0.4 is 5.32 Å². The van der Waals surface area contributed by atoms with Gasteiger partial charge in [0.2, 0.25) is 5.91 Å². The summed E-state index contributed by atoms with van der Waals surface area (Å²) in [5, 5.41) is 3.31. The first-order valence-corrected chi connectivity index (χ1v) is 7.25. The summed E-state index contributed by atoms with van der Waals surface area (Å²) in [6.45, 7) is 8.43. The SMILES string of the molecule is CCN(CC)C(=O)C(C)NCCCc1ccccc1. The molecule has 1 aromatic carbocycles. The maximum atomic E-state index is 12.0. The van der Waals surface area contributed by atoms with E-state index in [1.807, 2.05) is 31.7 Å². The van der Waals surface area contributed by atoms with Crippen molar-refractivity contribution in [2.75, 3.05) is 19.6 Å². The van der Waals surface area contributed by atoms with Gasteiger partial charge in [-0.2, -0.15) is 0 Å². The summed E-state index contributed by atoms with van der Waals surface area (Å²) in [4.78, 5) is 13.9. The minimum absolute atomic E-state index is 0.0873. The molecule has 0 bridgehead atoms. The number of carbonyl (C=O) groups excluding carboxylic acids is 1. The number of nitrogens with zero attached hydrogens (tertiary/aromatic N) is 1. The Kier molecular flexibility index (Phi) is 7.19. The van der Waals surface area contributed by atoms with E-state index in [4.69, 9.17) is 0 Å². The first-order valence-electron chi connectivity index (χ1n) is 7.25. The molecule has 3 nitrogen and oxygen atoms in total. The van der Waals surface area contributed by atoms with Crippen LogP contribution in [0, 0.1) is 0 Å². The van der Waals surface area contributed by atoms with Gasteiger partial charge in [0.25, 0.3) is 0 Å². The highest BCUT2D eigenvalue weighted by Crippen LogP contribution is 2.02. The molecule has 1 unspecified atom stereocenters. The van der Waals surface area contributed by atoms with E-state index in [1.165, 1.54) is 5.56 Å². The van der Waals surface area contributed by atoms with Crippen LogP contribution in [0.4, 0.5) is 0 Å². The van der Waals surface area contributed by atoms with Gasteiger partial charge in [-0.25, -0.2) is 0 Å². The van der Waals surface area contributed by atoms with Crippen molar-refractivity contribution in [2.45, 2.75) is 39.7 Å². The molecule has 1 rings (SSSR count). The van der Waals surface area contributed by atoms with Gasteiger partial charge in [-0.1, -0.05) is 30.3 Å². The quantitative estimate of drug-likeness (QED) is 0.730. The van der Waals surface area contributed by atoms with Crippen LogP contribution in [0.25, 0.3) is 0 Å². The lowest BCUT2D eigenvalue weighted by atomic mass is 10.1. The molecule has 0 aliphatic carbocycles. The molecule has 1 aromatic rings. The molecular weight excluding hydrogens is 236 g/mol. The monoisotopic (exact) mass is 262 g/mol. The van der Waals surface area contributed by atoms with Crippen molar-refractivity contribution in [3.8, 4) is 0 Å². The Hall–Kier alpha value is -1.35. The highest BCUT2D eigenvalue weighted by molar-refractivity contribution is 5.81. The number of aryl methyl sites for hydroxylation is 1. The van der Waals surface area contributed by atoms with Crippen LogP contribution in [0.5, 0.6) is 0 Å². The predicted molar refractivity (Wildman–Crippen MR) is 80.2 cm³/mol. The number of hydrogen-bond acceptors (Lipinski definition) is 2.